The quantitative estimate of drug-likeness (QED) is 0.586. The molecule has 0 bridgehead atoms. The number of carboxylic acid groups (broad SMARTS) is 2. The lowest BCUT2D eigenvalue weighted by Gasteiger charge is -2.14. The summed E-state index contributed by atoms with van der Waals surface area (Å²) in [6, 6.07) is -2.15. The second-order valence-corrected chi connectivity index (χ2v) is 5.98. The van der Waals surface area contributed by atoms with E-state index in [1.54, 1.807) is 0 Å². The molecule has 4 N–H and O–H groups in total. The van der Waals surface area contributed by atoms with Gasteiger partial charge in [0.1, 0.15) is 6.04 Å². The molecule has 0 aromatic heterocycles. The van der Waals surface area contributed by atoms with E-state index >= 15 is 0 Å². The van der Waals surface area contributed by atoms with Crippen LogP contribution in [0.1, 0.15) is 34.1 Å². The standard InChI is InChI=1S/C12H20N2O5/c1-11(2)9(12(11,3)4)14-10(19)13-6(8(17)18)5-7(15)16/h6,9H,5H2,1-4H3,(H,15,16)(H,17,18)(H2,13,14,19)/t6-/m1/s1. The Balaban J connectivity index is 2.56. The van der Waals surface area contributed by atoms with Crippen molar-refractivity contribution in [3.8, 4) is 0 Å². The van der Waals surface area contributed by atoms with Crippen LogP contribution in [0.4, 0.5) is 4.79 Å². The first-order valence-electron chi connectivity index (χ1n) is 6.01. The molecule has 2 amide bonds. The number of hydrogen-bond acceptors (Lipinski definition) is 3. The normalized spacial score (nSPS) is 21.3. The minimum Gasteiger partial charge on any atom is -0.481 e. The van der Waals surface area contributed by atoms with E-state index in [9.17, 15) is 14.4 Å². The highest BCUT2D eigenvalue weighted by Gasteiger charge is 2.65. The predicted octanol–water partition coefficient (Wildman–Crippen LogP) is 0.648. The molecule has 19 heavy (non-hydrogen) atoms. The van der Waals surface area contributed by atoms with Crippen LogP contribution in [-0.4, -0.2) is 40.3 Å². The fourth-order valence-electron chi connectivity index (χ4n) is 2.26. The monoisotopic (exact) mass is 272 g/mol. The van der Waals surface area contributed by atoms with Crippen LogP contribution in [0.25, 0.3) is 0 Å². The highest BCUT2D eigenvalue weighted by Crippen LogP contribution is 2.62. The second kappa shape index (κ2) is 4.71. The van der Waals surface area contributed by atoms with E-state index in [4.69, 9.17) is 10.2 Å². The van der Waals surface area contributed by atoms with Crippen LogP contribution < -0.4 is 10.6 Å². The van der Waals surface area contributed by atoms with E-state index in [2.05, 4.69) is 10.6 Å². The first-order valence-corrected chi connectivity index (χ1v) is 6.01. The SMILES string of the molecule is CC1(C)C(NC(=O)N[C@H](CC(=O)O)C(=O)O)C1(C)C. The lowest BCUT2D eigenvalue weighted by molar-refractivity contribution is -0.145. The van der Waals surface area contributed by atoms with Gasteiger partial charge < -0.3 is 20.8 Å². The molecule has 1 rings (SSSR count). The van der Waals surface area contributed by atoms with Crippen LogP contribution in [0.15, 0.2) is 0 Å². The molecule has 0 saturated heterocycles. The smallest absolute Gasteiger partial charge is 0.326 e. The average molecular weight is 272 g/mol. The lowest BCUT2D eigenvalue weighted by Crippen LogP contribution is -2.48. The number of aliphatic carboxylic acids is 2. The number of carbonyl (C=O) groups excluding carboxylic acids is 1. The maximum Gasteiger partial charge on any atom is 0.326 e. The fraction of sp³-hybridized carbons (Fsp3) is 0.750. The van der Waals surface area contributed by atoms with E-state index in [1.807, 2.05) is 27.7 Å². The van der Waals surface area contributed by atoms with Gasteiger partial charge in [-0.3, -0.25) is 4.79 Å². The van der Waals surface area contributed by atoms with Crippen LogP contribution in [0, 0.1) is 10.8 Å². The molecule has 0 aliphatic heterocycles. The van der Waals surface area contributed by atoms with Gasteiger partial charge in [-0.05, 0) is 10.8 Å². The number of urea groups is 1. The van der Waals surface area contributed by atoms with Gasteiger partial charge in [-0.2, -0.15) is 0 Å². The zero-order chi connectivity index (χ0) is 15.0. The van der Waals surface area contributed by atoms with E-state index in [-0.39, 0.29) is 16.9 Å². The molecule has 0 aromatic carbocycles. The van der Waals surface area contributed by atoms with Crippen molar-refractivity contribution in [2.45, 2.75) is 46.2 Å². The largest absolute Gasteiger partial charge is 0.481 e. The Morgan fingerprint density at radius 3 is 1.89 bits per heavy atom. The fourth-order valence-corrected chi connectivity index (χ4v) is 2.26. The van der Waals surface area contributed by atoms with Gasteiger partial charge in [0.2, 0.25) is 0 Å². The Hall–Kier alpha value is -1.79. The predicted molar refractivity (Wildman–Crippen MR) is 66.7 cm³/mol. The molecule has 108 valence electrons. The number of nitrogens with one attached hydrogen (secondary N) is 2. The summed E-state index contributed by atoms with van der Waals surface area (Å²) in [6.45, 7) is 8.02. The summed E-state index contributed by atoms with van der Waals surface area (Å²) in [4.78, 5) is 33.0. The molecule has 1 aliphatic rings. The Kier molecular flexibility index (Phi) is 3.79. The molecule has 1 aliphatic carbocycles. The number of carbonyl (C=O) groups is 3. The summed E-state index contributed by atoms with van der Waals surface area (Å²) < 4.78 is 0. The third-order valence-electron chi connectivity index (χ3n) is 4.28. The highest BCUT2D eigenvalue weighted by atomic mass is 16.4. The van der Waals surface area contributed by atoms with Crippen molar-refractivity contribution in [1.29, 1.82) is 0 Å². The molecule has 0 heterocycles. The topological polar surface area (TPSA) is 116 Å². The van der Waals surface area contributed by atoms with Gasteiger partial charge in [0, 0.05) is 6.04 Å². The van der Waals surface area contributed by atoms with Crippen LogP contribution in [0.5, 0.6) is 0 Å². The van der Waals surface area contributed by atoms with Crippen molar-refractivity contribution in [2.75, 3.05) is 0 Å². The third kappa shape index (κ3) is 2.97. The van der Waals surface area contributed by atoms with Crippen LogP contribution in [0.3, 0.4) is 0 Å². The molecule has 1 fully saturated rings. The molecule has 0 aromatic rings. The number of rotatable bonds is 5. The Morgan fingerprint density at radius 1 is 1.11 bits per heavy atom. The number of hydrogen-bond donors (Lipinski definition) is 4. The van der Waals surface area contributed by atoms with Crippen molar-refractivity contribution in [2.24, 2.45) is 10.8 Å². The minimum atomic E-state index is -1.43. The Labute approximate surface area is 111 Å². The van der Waals surface area contributed by atoms with Crippen molar-refractivity contribution >= 4 is 18.0 Å². The van der Waals surface area contributed by atoms with Gasteiger partial charge >= 0.3 is 18.0 Å². The molecule has 1 atom stereocenters. The zero-order valence-electron chi connectivity index (χ0n) is 11.5. The first kappa shape index (κ1) is 15.3. The Bertz CT molecular complexity index is 402. The first-order chi connectivity index (χ1) is 8.50. The minimum absolute atomic E-state index is 0.0701. The molecule has 7 heteroatoms. The van der Waals surface area contributed by atoms with E-state index < -0.39 is 30.4 Å². The van der Waals surface area contributed by atoms with Crippen molar-refractivity contribution in [1.82, 2.24) is 10.6 Å². The Morgan fingerprint density at radius 2 is 1.58 bits per heavy atom. The van der Waals surface area contributed by atoms with Gasteiger partial charge in [-0.15, -0.1) is 0 Å². The number of carboxylic acids is 2. The van der Waals surface area contributed by atoms with Gasteiger partial charge in [-0.1, -0.05) is 27.7 Å². The van der Waals surface area contributed by atoms with Crippen molar-refractivity contribution < 1.29 is 24.6 Å². The van der Waals surface area contributed by atoms with Gasteiger partial charge in [-0.25, -0.2) is 9.59 Å². The molecule has 1 saturated carbocycles. The molecule has 0 spiro atoms. The summed E-state index contributed by atoms with van der Waals surface area (Å²) in [5.74, 6) is -2.65. The van der Waals surface area contributed by atoms with Crippen molar-refractivity contribution in [3.63, 3.8) is 0 Å². The molecule has 0 radical (unpaired) electrons. The zero-order valence-corrected chi connectivity index (χ0v) is 11.5. The second-order valence-electron chi connectivity index (χ2n) is 5.98. The van der Waals surface area contributed by atoms with E-state index in [0.717, 1.165) is 0 Å². The summed E-state index contributed by atoms with van der Waals surface area (Å²) in [5, 5.41) is 22.2. The van der Waals surface area contributed by atoms with Gasteiger partial charge in [0.05, 0.1) is 6.42 Å². The summed E-state index contributed by atoms with van der Waals surface area (Å²) >= 11 is 0. The molecule has 7 nitrogen and oxygen atoms in total. The lowest BCUT2D eigenvalue weighted by atomic mass is 10.0. The maximum absolute atomic E-state index is 11.7. The van der Waals surface area contributed by atoms with Crippen LogP contribution in [0.2, 0.25) is 0 Å². The summed E-state index contributed by atoms with van der Waals surface area (Å²) in [7, 11) is 0. The number of amides is 2. The van der Waals surface area contributed by atoms with Crippen LogP contribution in [-0.2, 0) is 9.59 Å². The summed E-state index contributed by atoms with van der Waals surface area (Å²) in [6.07, 6.45) is -0.653. The highest BCUT2D eigenvalue weighted by molar-refractivity contribution is 5.86. The maximum atomic E-state index is 11.7. The van der Waals surface area contributed by atoms with Crippen molar-refractivity contribution in [3.05, 3.63) is 0 Å². The average Bonchev–Trinajstić information content (AvgIpc) is 2.59. The van der Waals surface area contributed by atoms with E-state index in [0.29, 0.717) is 0 Å². The van der Waals surface area contributed by atoms with E-state index in [1.165, 1.54) is 0 Å². The molecule has 0 unspecified atom stereocenters. The van der Waals surface area contributed by atoms with Gasteiger partial charge in [0.25, 0.3) is 0 Å². The van der Waals surface area contributed by atoms with Crippen LogP contribution >= 0.6 is 0 Å². The third-order valence-corrected chi connectivity index (χ3v) is 4.28. The molecular weight excluding hydrogens is 252 g/mol. The molecular formula is C12H20N2O5. The van der Waals surface area contributed by atoms with Gasteiger partial charge in [0.15, 0.2) is 0 Å². The summed E-state index contributed by atoms with van der Waals surface area (Å²) in [5.41, 5.74) is -0.147.